The maximum atomic E-state index is 13.7. The Hall–Kier alpha value is -3.10. The Kier molecular flexibility index (Phi) is 5.36. The summed E-state index contributed by atoms with van der Waals surface area (Å²) in [5.74, 6) is -0.333. The average Bonchev–Trinajstić information content (AvgIpc) is 3.19. The van der Waals surface area contributed by atoms with Crippen molar-refractivity contribution in [2.24, 2.45) is 4.99 Å². The average molecular weight is 425 g/mol. The predicted octanol–water partition coefficient (Wildman–Crippen LogP) is 2.89. The lowest BCUT2D eigenvalue weighted by molar-refractivity contribution is 0.419. The summed E-state index contributed by atoms with van der Waals surface area (Å²) in [4.78, 5) is 8.79. The molecule has 1 aromatic heterocycles. The van der Waals surface area contributed by atoms with E-state index in [4.69, 9.17) is 0 Å². The lowest BCUT2D eigenvalue weighted by Gasteiger charge is -2.37. The van der Waals surface area contributed by atoms with Gasteiger partial charge in [0, 0.05) is 18.9 Å². The van der Waals surface area contributed by atoms with E-state index in [1.54, 1.807) is 30.9 Å². The van der Waals surface area contributed by atoms with Crippen LogP contribution in [0.3, 0.4) is 0 Å². The van der Waals surface area contributed by atoms with Gasteiger partial charge in [0.15, 0.2) is 0 Å². The van der Waals surface area contributed by atoms with E-state index in [-0.39, 0.29) is 18.4 Å². The molecule has 0 bridgehead atoms. The van der Waals surface area contributed by atoms with E-state index in [0.717, 1.165) is 28.5 Å². The fourth-order valence-corrected chi connectivity index (χ4v) is 4.31. The first-order chi connectivity index (χ1) is 14.4. The first-order valence-electron chi connectivity index (χ1n) is 9.38. The maximum Gasteiger partial charge on any atom is 0.209 e. The molecule has 1 aliphatic heterocycles. The standard InChI is InChI=1S/C22H21FN4O2S/c1-30(28,29)27-14-17-4-2-3-5-20(17)22(18-6-8-19(23)9-7-18)21(25-15-26-22)16-10-12-24-13-11-16/h2-13,15,21,27H,14H2,1H3,(H,25,26). The highest BCUT2D eigenvalue weighted by Gasteiger charge is 2.46. The van der Waals surface area contributed by atoms with Gasteiger partial charge >= 0.3 is 0 Å². The molecule has 4 rings (SSSR count). The number of rotatable bonds is 6. The summed E-state index contributed by atoms with van der Waals surface area (Å²) in [6, 6.07) is 17.3. The highest BCUT2D eigenvalue weighted by Crippen LogP contribution is 2.46. The fourth-order valence-electron chi connectivity index (χ4n) is 3.89. The van der Waals surface area contributed by atoms with Crippen molar-refractivity contribution >= 4 is 16.4 Å². The second-order valence-corrected chi connectivity index (χ2v) is 9.00. The van der Waals surface area contributed by atoms with Gasteiger partial charge in [-0.3, -0.25) is 9.98 Å². The van der Waals surface area contributed by atoms with Crippen LogP contribution in [0.15, 0.2) is 78.0 Å². The van der Waals surface area contributed by atoms with Crippen LogP contribution in [0.4, 0.5) is 4.39 Å². The molecule has 0 aliphatic carbocycles. The summed E-state index contributed by atoms with van der Waals surface area (Å²) < 4.78 is 39.7. The number of pyridine rings is 1. The third-order valence-corrected chi connectivity index (χ3v) is 5.88. The third kappa shape index (κ3) is 3.83. The second-order valence-electron chi connectivity index (χ2n) is 7.17. The Morgan fingerprint density at radius 3 is 2.47 bits per heavy atom. The van der Waals surface area contributed by atoms with Crippen LogP contribution in [0.1, 0.15) is 28.3 Å². The monoisotopic (exact) mass is 424 g/mol. The SMILES string of the molecule is CS(=O)(=O)NCc1ccccc1C1(c2ccc(F)cc2)NC=NC1c1ccncc1. The van der Waals surface area contributed by atoms with Gasteiger partial charge in [0.1, 0.15) is 17.4 Å². The molecule has 0 radical (unpaired) electrons. The van der Waals surface area contributed by atoms with Crippen molar-refractivity contribution in [1.29, 1.82) is 0 Å². The topological polar surface area (TPSA) is 83.5 Å². The first-order valence-corrected chi connectivity index (χ1v) is 11.3. The summed E-state index contributed by atoms with van der Waals surface area (Å²) in [6.45, 7) is 0.128. The minimum absolute atomic E-state index is 0.128. The molecule has 3 aromatic rings. The zero-order valence-corrected chi connectivity index (χ0v) is 17.1. The molecule has 8 heteroatoms. The Morgan fingerprint density at radius 2 is 1.77 bits per heavy atom. The van der Waals surface area contributed by atoms with Crippen LogP contribution >= 0.6 is 0 Å². The smallest absolute Gasteiger partial charge is 0.209 e. The molecular formula is C22H21FN4O2S. The van der Waals surface area contributed by atoms with Crippen LogP contribution in [-0.2, 0) is 22.1 Å². The largest absolute Gasteiger partial charge is 0.361 e. The van der Waals surface area contributed by atoms with Gasteiger partial charge < -0.3 is 5.32 Å². The van der Waals surface area contributed by atoms with E-state index in [1.165, 1.54) is 12.1 Å². The van der Waals surface area contributed by atoms with E-state index < -0.39 is 15.6 Å². The quantitative estimate of drug-likeness (QED) is 0.637. The highest BCUT2D eigenvalue weighted by molar-refractivity contribution is 7.88. The highest BCUT2D eigenvalue weighted by atomic mass is 32.2. The van der Waals surface area contributed by atoms with Crippen LogP contribution in [-0.4, -0.2) is 26.0 Å². The molecule has 2 aromatic carbocycles. The van der Waals surface area contributed by atoms with E-state index in [1.807, 2.05) is 36.4 Å². The molecule has 6 nitrogen and oxygen atoms in total. The molecule has 154 valence electrons. The summed E-state index contributed by atoms with van der Waals surface area (Å²) in [6.07, 6.45) is 6.18. The molecule has 0 saturated heterocycles. The van der Waals surface area contributed by atoms with Gasteiger partial charge in [0.25, 0.3) is 0 Å². The van der Waals surface area contributed by atoms with E-state index >= 15 is 0 Å². The minimum atomic E-state index is -3.38. The lowest BCUT2D eigenvalue weighted by Crippen LogP contribution is -2.44. The number of aliphatic imine (C=N–C) groups is 1. The molecule has 30 heavy (non-hydrogen) atoms. The Bertz CT molecular complexity index is 1170. The normalized spacial score (nSPS) is 20.8. The van der Waals surface area contributed by atoms with Crippen molar-refractivity contribution in [3.05, 3.63) is 101 Å². The first kappa shape index (κ1) is 20.2. The summed E-state index contributed by atoms with van der Waals surface area (Å²) in [5, 5.41) is 3.40. The van der Waals surface area contributed by atoms with Crippen molar-refractivity contribution in [2.45, 2.75) is 18.1 Å². The van der Waals surface area contributed by atoms with E-state index in [9.17, 15) is 12.8 Å². The number of halogens is 1. The Morgan fingerprint density at radius 1 is 1.07 bits per heavy atom. The lowest BCUT2D eigenvalue weighted by atomic mass is 9.73. The number of hydrogen-bond donors (Lipinski definition) is 2. The summed E-state index contributed by atoms with van der Waals surface area (Å²) in [7, 11) is -3.38. The van der Waals surface area contributed by atoms with Gasteiger partial charge in [0.2, 0.25) is 10.0 Å². The number of nitrogens with zero attached hydrogens (tertiary/aromatic N) is 2. The van der Waals surface area contributed by atoms with Crippen molar-refractivity contribution in [2.75, 3.05) is 6.26 Å². The molecule has 0 saturated carbocycles. The van der Waals surface area contributed by atoms with Crippen LogP contribution < -0.4 is 10.0 Å². The molecule has 0 spiro atoms. The molecular weight excluding hydrogens is 403 g/mol. The predicted molar refractivity (Wildman–Crippen MR) is 114 cm³/mol. The fraction of sp³-hybridized carbons (Fsp3) is 0.182. The van der Waals surface area contributed by atoms with Crippen molar-refractivity contribution in [3.8, 4) is 0 Å². The van der Waals surface area contributed by atoms with Crippen LogP contribution in [0.25, 0.3) is 0 Å². The summed E-state index contributed by atoms with van der Waals surface area (Å²) >= 11 is 0. The van der Waals surface area contributed by atoms with Crippen LogP contribution in [0, 0.1) is 5.82 Å². The second kappa shape index (κ2) is 7.97. The zero-order chi connectivity index (χ0) is 21.2. The van der Waals surface area contributed by atoms with Gasteiger partial charge in [-0.25, -0.2) is 17.5 Å². The number of nitrogens with one attached hydrogen (secondary N) is 2. The van der Waals surface area contributed by atoms with Gasteiger partial charge in [-0.2, -0.15) is 0 Å². The van der Waals surface area contributed by atoms with Crippen molar-refractivity contribution in [3.63, 3.8) is 0 Å². The molecule has 1 aliphatic rings. The third-order valence-electron chi connectivity index (χ3n) is 5.21. The molecule has 0 fully saturated rings. The van der Waals surface area contributed by atoms with E-state index in [2.05, 4.69) is 20.0 Å². The van der Waals surface area contributed by atoms with E-state index in [0.29, 0.717) is 0 Å². The zero-order valence-electron chi connectivity index (χ0n) is 16.3. The number of aromatic nitrogens is 1. The summed E-state index contributed by atoms with van der Waals surface area (Å²) in [5.41, 5.74) is 2.55. The molecule has 2 N–H and O–H groups in total. The Balaban J connectivity index is 1.91. The number of hydrogen-bond acceptors (Lipinski definition) is 5. The van der Waals surface area contributed by atoms with Gasteiger partial charge in [-0.15, -0.1) is 0 Å². The minimum Gasteiger partial charge on any atom is -0.361 e. The van der Waals surface area contributed by atoms with Crippen LogP contribution in [0.2, 0.25) is 0 Å². The van der Waals surface area contributed by atoms with Gasteiger partial charge in [-0.05, 0) is 46.5 Å². The molecule has 0 amide bonds. The van der Waals surface area contributed by atoms with Crippen LogP contribution in [0.5, 0.6) is 0 Å². The molecule has 2 unspecified atom stereocenters. The number of sulfonamides is 1. The maximum absolute atomic E-state index is 13.7. The van der Waals surface area contributed by atoms with Crippen molar-refractivity contribution in [1.82, 2.24) is 15.0 Å². The van der Waals surface area contributed by atoms with Gasteiger partial charge in [0.05, 0.1) is 12.6 Å². The Labute approximate surface area is 175 Å². The van der Waals surface area contributed by atoms with Gasteiger partial charge in [-0.1, -0.05) is 36.4 Å². The molecule has 2 atom stereocenters. The number of benzene rings is 2. The molecule has 2 heterocycles. The van der Waals surface area contributed by atoms with Crippen molar-refractivity contribution < 1.29 is 12.8 Å².